The van der Waals surface area contributed by atoms with E-state index in [1.807, 2.05) is 6.08 Å². The Hall–Kier alpha value is -0.180. The lowest BCUT2D eigenvalue weighted by Gasteiger charge is -2.16. The van der Waals surface area contributed by atoms with Crippen molar-refractivity contribution in [2.24, 2.45) is 0 Å². The lowest BCUT2D eigenvalue weighted by atomic mass is 10.3. The van der Waals surface area contributed by atoms with Crippen LogP contribution < -0.4 is 0 Å². The fraction of sp³-hybridized carbons (Fsp3) is 0.444. The van der Waals surface area contributed by atoms with Crippen molar-refractivity contribution in [1.82, 2.24) is 0 Å². The molecule has 0 aromatic carbocycles. The summed E-state index contributed by atoms with van der Waals surface area (Å²) in [4.78, 5) is 0. The number of nitrogens with one attached hydrogen (secondary N) is 1. The Morgan fingerprint density at radius 2 is 2.14 bits per heavy atom. The number of hydrogen-bond acceptors (Lipinski definition) is 2. The third-order valence-corrected chi connectivity index (χ3v) is 1.79. The second-order valence-corrected chi connectivity index (χ2v) is 4.88. The molecular formula is C9H12Cl3NO. The number of ether oxygens (including phenoxy) is 1. The van der Waals surface area contributed by atoms with Crippen molar-refractivity contribution in [2.75, 3.05) is 0 Å². The van der Waals surface area contributed by atoms with Crippen LogP contribution in [0.15, 0.2) is 24.8 Å². The number of alkyl halides is 3. The van der Waals surface area contributed by atoms with E-state index in [2.05, 4.69) is 6.58 Å². The first-order valence-corrected chi connectivity index (χ1v) is 5.11. The maximum absolute atomic E-state index is 7.28. The minimum absolute atomic E-state index is 0.293. The summed E-state index contributed by atoms with van der Waals surface area (Å²) in [5.74, 6) is -0.377. The molecule has 0 aliphatic heterocycles. The van der Waals surface area contributed by atoms with Gasteiger partial charge in [-0.05, 0) is 19.4 Å². The Morgan fingerprint density at radius 3 is 2.57 bits per heavy atom. The van der Waals surface area contributed by atoms with Gasteiger partial charge >= 0.3 is 0 Å². The summed E-state index contributed by atoms with van der Waals surface area (Å²) >= 11 is 16.3. The molecule has 1 N–H and O–H groups in total. The van der Waals surface area contributed by atoms with E-state index >= 15 is 0 Å². The average molecular weight is 257 g/mol. The van der Waals surface area contributed by atoms with Crippen LogP contribution in [0.4, 0.5) is 0 Å². The van der Waals surface area contributed by atoms with E-state index in [1.165, 1.54) is 0 Å². The topological polar surface area (TPSA) is 33.1 Å². The first-order valence-electron chi connectivity index (χ1n) is 3.98. The molecule has 0 aromatic rings. The molecule has 1 unspecified atom stereocenters. The monoisotopic (exact) mass is 255 g/mol. The molecule has 0 aromatic heterocycles. The van der Waals surface area contributed by atoms with Gasteiger partial charge in [0.2, 0.25) is 5.90 Å². The Balaban J connectivity index is 4.00. The third kappa shape index (κ3) is 6.30. The van der Waals surface area contributed by atoms with Crippen LogP contribution in [0, 0.1) is 5.41 Å². The summed E-state index contributed by atoms with van der Waals surface area (Å²) in [5, 5.41) is 7.28. The van der Waals surface area contributed by atoms with Crippen molar-refractivity contribution in [3.63, 3.8) is 0 Å². The van der Waals surface area contributed by atoms with Crippen LogP contribution in [0.5, 0.6) is 0 Å². The molecule has 0 spiro atoms. The van der Waals surface area contributed by atoms with E-state index < -0.39 is 3.79 Å². The van der Waals surface area contributed by atoms with Gasteiger partial charge in [-0.15, -0.1) is 6.58 Å². The van der Waals surface area contributed by atoms with E-state index in [9.17, 15) is 0 Å². The highest BCUT2D eigenvalue weighted by Crippen LogP contribution is 2.28. The lowest BCUT2D eigenvalue weighted by Crippen LogP contribution is -2.24. The normalized spacial score (nSPS) is 14.0. The van der Waals surface area contributed by atoms with E-state index in [0.29, 0.717) is 0 Å². The zero-order valence-electron chi connectivity index (χ0n) is 7.77. The van der Waals surface area contributed by atoms with Crippen LogP contribution in [-0.2, 0) is 4.74 Å². The summed E-state index contributed by atoms with van der Waals surface area (Å²) in [6.45, 7) is 5.31. The first-order chi connectivity index (χ1) is 6.38. The molecule has 0 amide bonds. The molecule has 5 heteroatoms. The predicted molar refractivity (Wildman–Crippen MR) is 62.5 cm³/mol. The van der Waals surface area contributed by atoms with Gasteiger partial charge in [0.1, 0.15) is 6.10 Å². The van der Waals surface area contributed by atoms with Gasteiger partial charge in [0.15, 0.2) is 0 Å². The van der Waals surface area contributed by atoms with Crippen LogP contribution in [-0.4, -0.2) is 15.8 Å². The van der Waals surface area contributed by atoms with Crippen LogP contribution in [0.2, 0.25) is 0 Å². The number of rotatable bonds is 4. The largest absolute Gasteiger partial charge is 0.471 e. The zero-order chi connectivity index (χ0) is 11.2. The molecule has 0 saturated heterocycles. The van der Waals surface area contributed by atoms with Crippen LogP contribution in [0.3, 0.4) is 0 Å². The third-order valence-electron chi connectivity index (χ3n) is 1.27. The van der Waals surface area contributed by atoms with Gasteiger partial charge in [-0.1, -0.05) is 47.0 Å². The van der Waals surface area contributed by atoms with Gasteiger partial charge < -0.3 is 4.74 Å². The summed E-state index contributed by atoms with van der Waals surface area (Å²) in [6, 6.07) is 0. The van der Waals surface area contributed by atoms with Gasteiger partial charge in [0.25, 0.3) is 3.79 Å². The second-order valence-electron chi connectivity index (χ2n) is 2.60. The highest BCUT2D eigenvalue weighted by Gasteiger charge is 2.29. The molecule has 1 atom stereocenters. The predicted octanol–water partition coefficient (Wildman–Crippen LogP) is 3.87. The van der Waals surface area contributed by atoms with Crippen LogP contribution >= 0.6 is 34.8 Å². The molecule has 0 saturated carbocycles. The standard InChI is InChI=1S/C9H12Cl3NO/c1-3-4-5-6-7(2)14-8(13)9(10,11)12/h3,5-7,13H,1,4H2,2H3/b6-5+,13-8?. The second kappa shape index (κ2) is 6.33. The molecule has 0 heterocycles. The van der Waals surface area contributed by atoms with E-state index in [0.717, 1.165) is 6.42 Å². The van der Waals surface area contributed by atoms with E-state index in [4.69, 9.17) is 44.9 Å². The molecule has 0 fully saturated rings. The van der Waals surface area contributed by atoms with E-state index in [-0.39, 0.29) is 12.0 Å². The maximum Gasteiger partial charge on any atom is 0.265 e. The Labute approximate surface area is 99.0 Å². The minimum Gasteiger partial charge on any atom is -0.471 e. The Kier molecular flexibility index (Phi) is 6.25. The highest BCUT2D eigenvalue weighted by molar-refractivity contribution is 6.76. The van der Waals surface area contributed by atoms with Gasteiger partial charge in [-0.3, -0.25) is 5.41 Å². The molecule has 0 radical (unpaired) electrons. The van der Waals surface area contributed by atoms with Crippen molar-refractivity contribution in [1.29, 1.82) is 5.41 Å². The Morgan fingerprint density at radius 1 is 1.57 bits per heavy atom. The molecule has 14 heavy (non-hydrogen) atoms. The highest BCUT2D eigenvalue weighted by atomic mass is 35.6. The molecule has 0 rings (SSSR count). The summed E-state index contributed by atoms with van der Waals surface area (Å²) < 4.78 is 3.24. The number of hydrogen-bond donors (Lipinski definition) is 1. The average Bonchev–Trinajstić information content (AvgIpc) is 2.03. The molecule has 0 aliphatic rings. The molecular weight excluding hydrogens is 244 g/mol. The van der Waals surface area contributed by atoms with Crippen molar-refractivity contribution in [3.05, 3.63) is 24.8 Å². The quantitative estimate of drug-likeness (QED) is 0.352. The fourth-order valence-electron chi connectivity index (χ4n) is 0.658. The van der Waals surface area contributed by atoms with Gasteiger partial charge in [-0.25, -0.2) is 0 Å². The van der Waals surface area contributed by atoms with Crippen LogP contribution in [0.25, 0.3) is 0 Å². The fourth-order valence-corrected chi connectivity index (χ4v) is 0.792. The summed E-state index contributed by atoms with van der Waals surface area (Å²) in [7, 11) is 0. The van der Waals surface area contributed by atoms with Crippen molar-refractivity contribution < 1.29 is 4.74 Å². The maximum atomic E-state index is 7.28. The molecule has 2 nitrogen and oxygen atoms in total. The zero-order valence-corrected chi connectivity index (χ0v) is 10.0. The SMILES string of the molecule is C=CC/C=C/C(C)OC(=N)C(Cl)(Cl)Cl. The van der Waals surface area contributed by atoms with Crippen molar-refractivity contribution in [3.8, 4) is 0 Å². The molecule has 0 bridgehead atoms. The minimum atomic E-state index is -1.79. The molecule has 80 valence electrons. The van der Waals surface area contributed by atoms with E-state index in [1.54, 1.807) is 19.1 Å². The van der Waals surface area contributed by atoms with Crippen molar-refractivity contribution >= 4 is 40.7 Å². The van der Waals surface area contributed by atoms with Crippen LogP contribution in [0.1, 0.15) is 13.3 Å². The van der Waals surface area contributed by atoms with Gasteiger partial charge in [0, 0.05) is 0 Å². The van der Waals surface area contributed by atoms with Gasteiger partial charge in [-0.2, -0.15) is 0 Å². The van der Waals surface area contributed by atoms with Gasteiger partial charge in [0.05, 0.1) is 0 Å². The lowest BCUT2D eigenvalue weighted by molar-refractivity contribution is 0.248. The first kappa shape index (κ1) is 13.8. The summed E-state index contributed by atoms with van der Waals surface area (Å²) in [5.41, 5.74) is 0. The smallest absolute Gasteiger partial charge is 0.265 e. The number of halogens is 3. The summed E-state index contributed by atoms with van der Waals surface area (Å²) in [6.07, 6.45) is 5.84. The Bertz CT molecular complexity index is 233. The van der Waals surface area contributed by atoms with Crippen molar-refractivity contribution in [2.45, 2.75) is 23.2 Å². The number of allylic oxidation sites excluding steroid dienone is 2. The molecule has 0 aliphatic carbocycles.